The number of pyridine rings is 1. The van der Waals surface area contributed by atoms with Crippen LogP contribution in [0.2, 0.25) is 0 Å². The van der Waals surface area contributed by atoms with Gasteiger partial charge in [0.1, 0.15) is 5.82 Å². The first-order valence-corrected chi connectivity index (χ1v) is 10.2. The van der Waals surface area contributed by atoms with E-state index >= 15 is 0 Å². The van der Waals surface area contributed by atoms with Gasteiger partial charge in [-0.15, -0.1) is 0 Å². The highest BCUT2D eigenvalue weighted by atomic mass is 32.1. The molecule has 0 unspecified atom stereocenters. The molecule has 0 aliphatic heterocycles. The summed E-state index contributed by atoms with van der Waals surface area (Å²) in [6.07, 6.45) is 6.21. The van der Waals surface area contributed by atoms with E-state index in [1.165, 1.54) is 11.3 Å². The van der Waals surface area contributed by atoms with E-state index in [0.717, 1.165) is 44.8 Å². The molecular weight excluding hydrogens is 384 g/mol. The number of hydrogen-bond acceptors (Lipinski definition) is 6. The quantitative estimate of drug-likeness (QED) is 0.510. The summed E-state index contributed by atoms with van der Waals surface area (Å²) in [5.41, 5.74) is 4.46. The summed E-state index contributed by atoms with van der Waals surface area (Å²) in [7, 11) is 0. The van der Waals surface area contributed by atoms with Gasteiger partial charge in [0.2, 0.25) is 0 Å². The van der Waals surface area contributed by atoms with Gasteiger partial charge in [0.05, 0.1) is 15.9 Å². The molecule has 3 aromatic heterocycles. The Bertz CT molecular complexity index is 1140. The van der Waals surface area contributed by atoms with Crippen LogP contribution in [0, 0.1) is 0 Å². The molecule has 4 aromatic rings. The van der Waals surface area contributed by atoms with Crippen molar-refractivity contribution in [2.75, 3.05) is 11.9 Å². The van der Waals surface area contributed by atoms with Gasteiger partial charge in [0.25, 0.3) is 0 Å². The second kappa shape index (κ2) is 8.32. The number of nitrogens with zero attached hydrogens (tertiary/aromatic N) is 4. The van der Waals surface area contributed by atoms with Crippen molar-refractivity contribution in [3.63, 3.8) is 0 Å². The van der Waals surface area contributed by atoms with Crippen molar-refractivity contribution in [1.82, 2.24) is 25.3 Å². The van der Waals surface area contributed by atoms with Gasteiger partial charge in [-0.1, -0.05) is 24.3 Å². The normalized spacial score (nSPS) is 10.8. The predicted octanol–water partition coefficient (Wildman–Crippen LogP) is 4.52. The molecular formula is C21H20N6OS. The van der Waals surface area contributed by atoms with Crippen LogP contribution >= 0.6 is 11.3 Å². The summed E-state index contributed by atoms with van der Waals surface area (Å²) in [6, 6.07) is 9.60. The summed E-state index contributed by atoms with van der Waals surface area (Å²) < 4.78 is 0.963. The van der Waals surface area contributed by atoms with E-state index in [0.29, 0.717) is 11.7 Å². The van der Waals surface area contributed by atoms with Crippen LogP contribution in [0.5, 0.6) is 0 Å². The first-order valence-electron chi connectivity index (χ1n) is 9.40. The predicted molar refractivity (Wildman–Crippen MR) is 116 cm³/mol. The number of carbonyl (C=O) groups excluding carboxylic acids is 1. The topological polar surface area (TPSA) is 92.7 Å². The number of urea groups is 1. The van der Waals surface area contributed by atoms with Crippen LogP contribution in [0.3, 0.4) is 0 Å². The number of hydrogen-bond donors (Lipinski definition) is 2. The second-order valence-electron chi connectivity index (χ2n) is 6.33. The molecule has 0 atom stereocenters. The van der Waals surface area contributed by atoms with Gasteiger partial charge in [0.15, 0.2) is 5.13 Å². The Hall–Kier alpha value is -3.39. The minimum atomic E-state index is -0.269. The van der Waals surface area contributed by atoms with Gasteiger partial charge in [-0.3, -0.25) is 10.3 Å². The first kappa shape index (κ1) is 18.9. The smallest absolute Gasteiger partial charge is 0.321 e. The minimum Gasteiger partial charge on any atom is -0.338 e. The number of benzene rings is 1. The Morgan fingerprint density at radius 2 is 1.90 bits per heavy atom. The average Bonchev–Trinajstić information content (AvgIpc) is 3.16. The largest absolute Gasteiger partial charge is 0.338 e. The fourth-order valence-electron chi connectivity index (χ4n) is 2.95. The molecule has 0 radical (unpaired) electrons. The van der Waals surface area contributed by atoms with E-state index in [4.69, 9.17) is 0 Å². The van der Waals surface area contributed by atoms with Gasteiger partial charge < -0.3 is 5.32 Å². The molecule has 8 heteroatoms. The van der Waals surface area contributed by atoms with Crippen molar-refractivity contribution in [1.29, 1.82) is 0 Å². The zero-order chi connectivity index (χ0) is 20.2. The number of amides is 2. The molecule has 0 saturated carbocycles. The van der Waals surface area contributed by atoms with Crippen LogP contribution in [0.4, 0.5) is 9.93 Å². The maximum atomic E-state index is 11.9. The lowest BCUT2D eigenvalue weighted by Gasteiger charge is -2.07. The zero-order valence-electron chi connectivity index (χ0n) is 16.1. The van der Waals surface area contributed by atoms with Crippen molar-refractivity contribution >= 4 is 32.7 Å². The van der Waals surface area contributed by atoms with Gasteiger partial charge in [-0.05, 0) is 36.8 Å². The number of nitrogens with one attached hydrogen (secondary N) is 2. The van der Waals surface area contributed by atoms with E-state index < -0.39 is 0 Å². The fourth-order valence-corrected chi connectivity index (χ4v) is 3.92. The van der Waals surface area contributed by atoms with E-state index in [2.05, 4.69) is 36.6 Å². The minimum absolute atomic E-state index is 0.269. The molecule has 29 heavy (non-hydrogen) atoms. The summed E-state index contributed by atoms with van der Waals surface area (Å²) in [4.78, 5) is 29.9. The fraction of sp³-hybridized carbons (Fsp3) is 0.190. The summed E-state index contributed by atoms with van der Waals surface area (Å²) in [5, 5.41) is 6.06. The van der Waals surface area contributed by atoms with Crippen LogP contribution in [0.15, 0.2) is 48.9 Å². The number of anilines is 1. The van der Waals surface area contributed by atoms with Crippen molar-refractivity contribution in [3.8, 4) is 22.4 Å². The van der Waals surface area contributed by atoms with Crippen LogP contribution in [0.1, 0.15) is 19.7 Å². The summed E-state index contributed by atoms with van der Waals surface area (Å²) in [6.45, 7) is 4.45. The third-order valence-corrected chi connectivity index (χ3v) is 5.36. The highest BCUT2D eigenvalue weighted by molar-refractivity contribution is 7.22. The number of carbonyl (C=O) groups is 1. The maximum Gasteiger partial charge on any atom is 0.321 e. The summed E-state index contributed by atoms with van der Waals surface area (Å²) in [5.74, 6) is 0.807. The monoisotopic (exact) mass is 404 g/mol. The molecule has 146 valence electrons. The summed E-state index contributed by atoms with van der Waals surface area (Å²) >= 11 is 1.43. The lowest BCUT2D eigenvalue weighted by Crippen LogP contribution is -2.28. The van der Waals surface area contributed by atoms with Crippen molar-refractivity contribution < 1.29 is 4.79 Å². The van der Waals surface area contributed by atoms with E-state index in [-0.39, 0.29) is 6.03 Å². The number of thiazole rings is 1. The Labute approximate surface area is 172 Å². The molecule has 0 spiro atoms. The number of aryl methyl sites for hydroxylation is 1. The first-order chi connectivity index (χ1) is 14.2. The molecule has 0 aliphatic rings. The molecule has 4 rings (SSSR count). The van der Waals surface area contributed by atoms with Crippen LogP contribution < -0.4 is 10.6 Å². The number of rotatable bonds is 5. The molecule has 7 nitrogen and oxygen atoms in total. The molecule has 2 N–H and O–H groups in total. The molecule has 3 heterocycles. The molecule has 0 bridgehead atoms. The van der Waals surface area contributed by atoms with E-state index in [9.17, 15) is 4.79 Å². The number of fused-ring (bicyclic) bond motifs is 1. The molecule has 0 aliphatic carbocycles. The zero-order valence-corrected chi connectivity index (χ0v) is 17.0. The van der Waals surface area contributed by atoms with Gasteiger partial charge >= 0.3 is 6.03 Å². The Morgan fingerprint density at radius 1 is 1.07 bits per heavy atom. The van der Waals surface area contributed by atoms with Crippen molar-refractivity contribution in [2.45, 2.75) is 20.3 Å². The van der Waals surface area contributed by atoms with Crippen LogP contribution in [0.25, 0.3) is 32.6 Å². The Kier molecular flexibility index (Phi) is 5.44. The standard InChI is InChI=1S/C21H20N6OS/c1-3-18-24-11-14(12-25-18)13-9-15(16-7-5-6-8-23-16)19-17(10-13)26-21(29-19)27-20(28)22-4-2/h5-12H,3-4H2,1-2H3,(H2,22,26,27,28). The van der Waals surface area contributed by atoms with Crippen molar-refractivity contribution in [2.24, 2.45) is 0 Å². The molecule has 2 amide bonds. The Balaban J connectivity index is 1.84. The average molecular weight is 404 g/mol. The highest BCUT2D eigenvalue weighted by Crippen LogP contribution is 2.37. The number of aromatic nitrogens is 4. The van der Waals surface area contributed by atoms with Gasteiger partial charge in [-0.2, -0.15) is 0 Å². The third-order valence-electron chi connectivity index (χ3n) is 4.34. The van der Waals surface area contributed by atoms with Gasteiger partial charge in [0, 0.05) is 42.7 Å². The second-order valence-corrected chi connectivity index (χ2v) is 7.33. The van der Waals surface area contributed by atoms with Crippen LogP contribution in [-0.2, 0) is 6.42 Å². The SMILES string of the molecule is CCNC(=O)Nc1nc2cc(-c3cnc(CC)nc3)cc(-c3ccccn3)c2s1. The van der Waals surface area contributed by atoms with E-state index in [1.54, 1.807) is 6.20 Å². The van der Waals surface area contributed by atoms with E-state index in [1.807, 2.05) is 50.5 Å². The van der Waals surface area contributed by atoms with Crippen molar-refractivity contribution in [3.05, 3.63) is 54.7 Å². The molecule has 0 fully saturated rings. The van der Waals surface area contributed by atoms with Crippen LogP contribution in [-0.4, -0.2) is 32.5 Å². The van der Waals surface area contributed by atoms with Gasteiger partial charge in [-0.25, -0.2) is 19.7 Å². The maximum absolute atomic E-state index is 11.9. The highest BCUT2D eigenvalue weighted by Gasteiger charge is 2.15. The molecule has 0 saturated heterocycles. The third kappa shape index (κ3) is 4.07. The Morgan fingerprint density at radius 3 is 2.59 bits per heavy atom. The lowest BCUT2D eigenvalue weighted by molar-refractivity contribution is 0.252. The molecule has 1 aromatic carbocycles. The lowest BCUT2D eigenvalue weighted by atomic mass is 10.0.